The van der Waals surface area contributed by atoms with E-state index in [0.29, 0.717) is 5.39 Å². The number of hydrogen-bond acceptors (Lipinski definition) is 3. The fourth-order valence-electron chi connectivity index (χ4n) is 2.98. The van der Waals surface area contributed by atoms with Crippen LogP contribution >= 0.6 is 11.8 Å². The van der Waals surface area contributed by atoms with Gasteiger partial charge in [-0.2, -0.15) is 0 Å². The summed E-state index contributed by atoms with van der Waals surface area (Å²) in [6, 6.07) is 13.7. The highest BCUT2D eigenvalue weighted by Crippen LogP contribution is 2.32. The number of hydrogen-bond donors (Lipinski definition) is 0. The predicted octanol–water partition coefficient (Wildman–Crippen LogP) is 5.47. The Kier molecular flexibility index (Phi) is 5.77. The first kappa shape index (κ1) is 18.9. The van der Waals surface area contributed by atoms with Crippen LogP contribution in [-0.2, 0) is 0 Å². The molecular weight excluding hydrogens is 352 g/mol. The van der Waals surface area contributed by atoms with Crippen LogP contribution in [0.25, 0.3) is 16.6 Å². The van der Waals surface area contributed by atoms with Crippen molar-refractivity contribution in [3.63, 3.8) is 0 Å². The first-order valence-electron chi connectivity index (χ1n) is 8.74. The third-order valence-electron chi connectivity index (χ3n) is 4.33. The zero-order valence-corrected chi connectivity index (χ0v) is 16.4. The molecule has 27 heavy (non-hydrogen) atoms. The molecule has 2 heterocycles. The Labute approximate surface area is 163 Å². The normalized spacial score (nSPS) is 12.7. The van der Waals surface area contributed by atoms with Gasteiger partial charge in [0.05, 0.1) is 15.9 Å². The van der Waals surface area contributed by atoms with Gasteiger partial charge in [-0.1, -0.05) is 61.3 Å². The first-order valence-corrected chi connectivity index (χ1v) is 9.62. The van der Waals surface area contributed by atoms with Gasteiger partial charge in [0.2, 0.25) is 0 Å². The molecule has 3 rings (SSSR count). The largest absolute Gasteiger partial charge is 0.304 e. The van der Waals surface area contributed by atoms with E-state index in [9.17, 15) is 4.79 Å². The predicted molar refractivity (Wildman–Crippen MR) is 116 cm³/mol. The Morgan fingerprint density at radius 2 is 1.96 bits per heavy atom. The van der Waals surface area contributed by atoms with E-state index in [4.69, 9.17) is 0 Å². The van der Waals surface area contributed by atoms with Crippen molar-refractivity contribution in [2.45, 2.75) is 24.1 Å². The number of para-hydroxylation sites is 1. The Morgan fingerprint density at radius 1 is 1.22 bits per heavy atom. The van der Waals surface area contributed by atoms with Crippen LogP contribution in [0.2, 0.25) is 0 Å². The Morgan fingerprint density at radius 3 is 2.63 bits per heavy atom. The fourth-order valence-corrected chi connectivity index (χ4v) is 4.14. The fraction of sp³-hybridized carbons (Fsp3) is 0.130. The molecule has 0 aliphatic carbocycles. The summed E-state index contributed by atoms with van der Waals surface area (Å²) in [6.07, 6.45) is 7.20. The maximum Gasteiger partial charge on any atom is 0.192 e. The van der Waals surface area contributed by atoms with Crippen LogP contribution in [0.3, 0.4) is 0 Å². The molecule has 0 aliphatic rings. The summed E-state index contributed by atoms with van der Waals surface area (Å²) in [4.78, 5) is 17.0. The van der Waals surface area contributed by atoms with E-state index < -0.39 is 0 Å². The summed E-state index contributed by atoms with van der Waals surface area (Å²) < 4.78 is 2.13. The standard InChI is InChI=1S/C23H22N2OS/c1-5-10-18(6-2)17(4)27-23-14-22(26)20-15-24-16(3)13-21(20)25(23)19-11-8-7-9-12-19/h5-15,17H,1-2H2,3-4H3/b18-10+. The third kappa shape index (κ3) is 3.96. The molecule has 2 aromatic heterocycles. The summed E-state index contributed by atoms with van der Waals surface area (Å²) in [5.41, 5.74) is 3.79. The minimum atomic E-state index is -0.0211. The first-order chi connectivity index (χ1) is 13.0. The Hall–Kier alpha value is -2.85. The van der Waals surface area contributed by atoms with Gasteiger partial charge in [-0.25, -0.2) is 0 Å². The number of allylic oxidation sites excluding steroid dienone is 3. The number of rotatable bonds is 6. The SMILES string of the molecule is C=C/C=C(\C=C)C(C)Sc1cc(=O)c2cnc(C)cc2n1-c1ccccc1. The molecule has 0 radical (unpaired) electrons. The van der Waals surface area contributed by atoms with Crippen LogP contribution in [0.4, 0.5) is 0 Å². The van der Waals surface area contributed by atoms with Crippen molar-refractivity contribution in [2.24, 2.45) is 0 Å². The van der Waals surface area contributed by atoms with Crippen LogP contribution in [-0.4, -0.2) is 14.8 Å². The summed E-state index contributed by atoms with van der Waals surface area (Å²) in [6.45, 7) is 11.7. The second-order valence-electron chi connectivity index (χ2n) is 6.23. The number of aryl methyl sites for hydroxylation is 1. The van der Waals surface area contributed by atoms with E-state index in [-0.39, 0.29) is 10.7 Å². The van der Waals surface area contributed by atoms with Gasteiger partial charge >= 0.3 is 0 Å². The summed E-state index contributed by atoms with van der Waals surface area (Å²) in [5.74, 6) is 0. The van der Waals surface area contributed by atoms with Gasteiger partial charge in [-0.15, -0.1) is 0 Å². The van der Waals surface area contributed by atoms with Crippen molar-refractivity contribution in [1.82, 2.24) is 9.55 Å². The Balaban J connectivity index is 2.26. The van der Waals surface area contributed by atoms with Gasteiger partial charge in [0, 0.05) is 28.9 Å². The lowest BCUT2D eigenvalue weighted by atomic mass is 10.2. The molecule has 3 aromatic rings. The van der Waals surface area contributed by atoms with Gasteiger partial charge < -0.3 is 4.57 Å². The molecule has 4 heteroatoms. The van der Waals surface area contributed by atoms with E-state index >= 15 is 0 Å². The van der Waals surface area contributed by atoms with E-state index in [1.807, 2.05) is 55.5 Å². The van der Waals surface area contributed by atoms with Crippen LogP contribution in [0, 0.1) is 6.92 Å². The Bertz CT molecular complexity index is 1080. The zero-order valence-electron chi connectivity index (χ0n) is 15.6. The highest BCUT2D eigenvalue weighted by Gasteiger charge is 2.16. The maximum atomic E-state index is 12.7. The summed E-state index contributed by atoms with van der Waals surface area (Å²) in [7, 11) is 0. The highest BCUT2D eigenvalue weighted by molar-refractivity contribution is 8.00. The molecule has 0 saturated heterocycles. The average Bonchev–Trinajstić information content (AvgIpc) is 2.66. The maximum absolute atomic E-state index is 12.7. The number of fused-ring (bicyclic) bond motifs is 1. The monoisotopic (exact) mass is 374 g/mol. The molecule has 136 valence electrons. The molecule has 0 fully saturated rings. The van der Waals surface area contributed by atoms with E-state index in [2.05, 4.69) is 29.6 Å². The number of pyridine rings is 2. The highest BCUT2D eigenvalue weighted by atomic mass is 32.2. The number of benzene rings is 1. The lowest BCUT2D eigenvalue weighted by molar-refractivity contribution is 0.949. The number of aromatic nitrogens is 2. The molecule has 1 atom stereocenters. The van der Waals surface area contributed by atoms with Crippen molar-refractivity contribution in [3.05, 3.63) is 102 Å². The smallest absolute Gasteiger partial charge is 0.192 e. The van der Waals surface area contributed by atoms with Crippen molar-refractivity contribution in [2.75, 3.05) is 0 Å². The van der Waals surface area contributed by atoms with Crippen molar-refractivity contribution in [3.8, 4) is 5.69 Å². The molecular formula is C23H22N2OS. The van der Waals surface area contributed by atoms with E-state index in [0.717, 1.165) is 27.5 Å². The lowest BCUT2D eigenvalue weighted by Crippen LogP contribution is -2.12. The van der Waals surface area contributed by atoms with E-state index in [1.165, 1.54) is 0 Å². The quantitative estimate of drug-likeness (QED) is 0.424. The zero-order chi connectivity index (χ0) is 19.4. The molecule has 1 aromatic carbocycles. The lowest BCUT2D eigenvalue weighted by Gasteiger charge is -2.20. The minimum absolute atomic E-state index is 0.0211. The molecule has 0 bridgehead atoms. The molecule has 0 saturated carbocycles. The number of thioether (sulfide) groups is 1. The minimum Gasteiger partial charge on any atom is -0.304 e. The van der Waals surface area contributed by atoms with E-state index in [1.54, 1.807) is 30.1 Å². The summed E-state index contributed by atoms with van der Waals surface area (Å²) in [5, 5.41) is 1.62. The van der Waals surface area contributed by atoms with Crippen LogP contribution in [0.5, 0.6) is 0 Å². The second kappa shape index (κ2) is 8.23. The molecule has 0 N–H and O–H groups in total. The molecule has 0 spiro atoms. The van der Waals surface area contributed by atoms with Gasteiger partial charge in [0.25, 0.3) is 0 Å². The van der Waals surface area contributed by atoms with Crippen molar-refractivity contribution >= 4 is 22.7 Å². The van der Waals surface area contributed by atoms with Gasteiger partial charge in [-0.3, -0.25) is 9.78 Å². The number of nitrogens with zero attached hydrogens (tertiary/aromatic N) is 2. The average molecular weight is 375 g/mol. The third-order valence-corrected chi connectivity index (χ3v) is 5.50. The van der Waals surface area contributed by atoms with Crippen molar-refractivity contribution < 1.29 is 0 Å². The topological polar surface area (TPSA) is 34.9 Å². The molecule has 0 amide bonds. The van der Waals surface area contributed by atoms with Gasteiger partial charge in [0.15, 0.2) is 5.43 Å². The van der Waals surface area contributed by atoms with Crippen LogP contribution in [0.1, 0.15) is 12.6 Å². The molecule has 1 unspecified atom stereocenters. The van der Waals surface area contributed by atoms with Crippen LogP contribution in [0.15, 0.2) is 95.4 Å². The van der Waals surface area contributed by atoms with Gasteiger partial charge in [0.1, 0.15) is 0 Å². The van der Waals surface area contributed by atoms with Crippen LogP contribution < -0.4 is 5.43 Å². The summed E-state index contributed by atoms with van der Waals surface area (Å²) >= 11 is 1.63. The molecule has 0 aliphatic heterocycles. The van der Waals surface area contributed by atoms with Crippen molar-refractivity contribution in [1.29, 1.82) is 0 Å². The second-order valence-corrected chi connectivity index (χ2v) is 7.59. The van der Waals surface area contributed by atoms with Gasteiger partial charge in [-0.05, 0) is 37.6 Å². The molecule has 3 nitrogen and oxygen atoms in total.